The molecule has 0 aliphatic carbocycles. The summed E-state index contributed by atoms with van der Waals surface area (Å²) in [7, 11) is 0. The van der Waals surface area contributed by atoms with Gasteiger partial charge in [-0.25, -0.2) is 15.0 Å². The van der Waals surface area contributed by atoms with Crippen LogP contribution in [0.3, 0.4) is 0 Å². The van der Waals surface area contributed by atoms with E-state index in [1.165, 1.54) is 6.33 Å². The molecule has 0 bridgehead atoms. The molecule has 0 saturated carbocycles. The first-order chi connectivity index (χ1) is 15.7. The lowest BCUT2D eigenvalue weighted by atomic mass is 10.1. The van der Waals surface area contributed by atoms with E-state index in [-0.39, 0.29) is 5.91 Å². The number of hydrogen-bond acceptors (Lipinski definition) is 5. The zero-order valence-electron chi connectivity index (χ0n) is 17.4. The number of aryl methyl sites for hydroxylation is 1. The summed E-state index contributed by atoms with van der Waals surface area (Å²) in [5, 5.41) is 8.35. The fourth-order valence-electron chi connectivity index (χ4n) is 3.49. The van der Waals surface area contributed by atoms with Gasteiger partial charge in [-0.2, -0.15) is 0 Å². The molecule has 7 heteroatoms. The number of benzene rings is 3. The largest absolute Gasteiger partial charge is 0.340 e. The zero-order chi connectivity index (χ0) is 21.9. The van der Waals surface area contributed by atoms with E-state index in [0.29, 0.717) is 17.1 Å². The van der Waals surface area contributed by atoms with Crippen molar-refractivity contribution in [2.45, 2.75) is 6.92 Å². The second-order valence-corrected chi connectivity index (χ2v) is 7.32. The quantitative estimate of drug-likeness (QED) is 0.412. The lowest BCUT2D eigenvalue weighted by Gasteiger charge is -2.10. The number of aromatic nitrogens is 4. The maximum Gasteiger partial charge on any atom is 0.255 e. The molecule has 2 N–H and O–H groups in total. The third-order valence-corrected chi connectivity index (χ3v) is 5.15. The summed E-state index contributed by atoms with van der Waals surface area (Å²) in [6, 6.07) is 23.0. The maximum atomic E-state index is 12.7. The van der Waals surface area contributed by atoms with Gasteiger partial charge in [-0.3, -0.25) is 9.36 Å². The van der Waals surface area contributed by atoms with Crippen molar-refractivity contribution < 1.29 is 4.79 Å². The lowest BCUT2D eigenvalue weighted by Crippen LogP contribution is -2.11. The Balaban J connectivity index is 1.28. The number of carbonyl (C=O) groups excluding carboxylic acids is 1. The van der Waals surface area contributed by atoms with Gasteiger partial charge in [0.2, 0.25) is 0 Å². The first kappa shape index (κ1) is 19.4. The smallest absolute Gasteiger partial charge is 0.255 e. The molecule has 0 fully saturated rings. The molecule has 5 aromatic rings. The van der Waals surface area contributed by atoms with Crippen LogP contribution in [0.5, 0.6) is 0 Å². The Morgan fingerprint density at radius 3 is 2.41 bits per heavy atom. The number of rotatable bonds is 5. The van der Waals surface area contributed by atoms with E-state index in [2.05, 4.69) is 25.6 Å². The van der Waals surface area contributed by atoms with Crippen molar-refractivity contribution in [2.24, 2.45) is 0 Å². The van der Waals surface area contributed by atoms with Gasteiger partial charge < -0.3 is 10.6 Å². The van der Waals surface area contributed by atoms with Crippen molar-refractivity contribution in [3.63, 3.8) is 0 Å². The Labute approximate surface area is 184 Å². The van der Waals surface area contributed by atoms with Gasteiger partial charge >= 0.3 is 0 Å². The summed E-state index contributed by atoms with van der Waals surface area (Å²) >= 11 is 0. The zero-order valence-corrected chi connectivity index (χ0v) is 17.4. The van der Waals surface area contributed by atoms with Gasteiger partial charge in [0, 0.05) is 35.4 Å². The van der Waals surface area contributed by atoms with Crippen LogP contribution < -0.4 is 10.6 Å². The van der Waals surface area contributed by atoms with Gasteiger partial charge in [-0.1, -0.05) is 30.3 Å². The van der Waals surface area contributed by atoms with E-state index < -0.39 is 0 Å². The van der Waals surface area contributed by atoms with Crippen molar-refractivity contribution in [3.8, 4) is 5.82 Å². The van der Waals surface area contributed by atoms with Crippen molar-refractivity contribution in [3.05, 3.63) is 103 Å². The number of imidazole rings is 1. The average Bonchev–Trinajstić information content (AvgIpc) is 3.26. The fraction of sp³-hybridized carbons (Fsp3) is 0.0400. The van der Waals surface area contributed by atoms with Crippen LogP contribution >= 0.6 is 0 Å². The van der Waals surface area contributed by atoms with Gasteiger partial charge in [0.15, 0.2) is 0 Å². The monoisotopic (exact) mass is 420 g/mol. The number of anilines is 3. The highest BCUT2D eigenvalue weighted by molar-refractivity contribution is 6.06. The first-order valence-corrected chi connectivity index (χ1v) is 10.2. The van der Waals surface area contributed by atoms with Gasteiger partial charge in [0.25, 0.3) is 5.91 Å². The summed E-state index contributed by atoms with van der Waals surface area (Å²) in [5.74, 6) is 2.10. The van der Waals surface area contributed by atoms with E-state index >= 15 is 0 Å². The summed E-state index contributed by atoms with van der Waals surface area (Å²) in [6.45, 7) is 1.92. The molecule has 0 aliphatic rings. The third-order valence-electron chi connectivity index (χ3n) is 5.15. The SMILES string of the molecule is Cc1nccn1-c1cc(Nc2ccc(NC(=O)c3ccc4ccccc4c3)cc2)ncn1. The highest BCUT2D eigenvalue weighted by Crippen LogP contribution is 2.21. The molecule has 7 nitrogen and oxygen atoms in total. The topological polar surface area (TPSA) is 84.7 Å². The minimum atomic E-state index is -0.146. The predicted octanol–water partition coefficient (Wildman–Crippen LogP) is 5.12. The van der Waals surface area contributed by atoms with Crippen LogP contribution in [0.25, 0.3) is 16.6 Å². The Kier molecular flexibility index (Phi) is 5.05. The van der Waals surface area contributed by atoms with Crippen LogP contribution in [0.1, 0.15) is 16.2 Å². The van der Waals surface area contributed by atoms with Crippen molar-refractivity contribution in [1.29, 1.82) is 0 Å². The van der Waals surface area contributed by atoms with E-state index in [1.807, 2.05) is 90.5 Å². The first-order valence-electron chi connectivity index (χ1n) is 10.2. The van der Waals surface area contributed by atoms with E-state index in [9.17, 15) is 4.79 Å². The molecule has 0 radical (unpaired) electrons. The molecular weight excluding hydrogens is 400 g/mol. The Morgan fingerprint density at radius 1 is 0.844 bits per heavy atom. The minimum Gasteiger partial charge on any atom is -0.340 e. The molecule has 32 heavy (non-hydrogen) atoms. The lowest BCUT2D eigenvalue weighted by molar-refractivity contribution is 0.102. The van der Waals surface area contributed by atoms with Crippen LogP contribution in [0.15, 0.2) is 91.5 Å². The highest BCUT2D eigenvalue weighted by Gasteiger charge is 2.08. The maximum absolute atomic E-state index is 12.7. The number of fused-ring (bicyclic) bond motifs is 1. The van der Waals surface area contributed by atoms with Gasteiger partial charge in [0.1, 0.15) is 23.8 Å². The highest BCUT2D eigenvalue weighted by atomic mass is 16.1. The molecule has 0 saturated heterocycles. The number of amides is 1. The van der Waals surface area contributed by atoms with Crippen LogP contribution in [0.2, 0.25) is 0 Å². The average molecular weight is 420 g/mol. The van der Waals surface area contributed by atoms with E-state index in [4.69, 9.17) is 0 Å². The van der Waals surface area contributed by atoms with E-state index in [0.717, 1.165) is 28.1 Å². The van der Waals surface area contributed by atoms with Crippen LogP contribution in [-0.4, -0.2) is 25.4 Å². The number of carbonyl (C=O) groups is 1. The second-order valence-electron chi connectivity index (χ2n) is 7.32. The summed E-state index contributed by atoms with van der Waals surface area (Å²) < 4.78 is 1.89. The van der Waals surface area contributed by atoms with Crippen LogP contribution in [-0.2, 0) is 0 Å². The standard InChI is InChI=1S/C25H20N6O/c1-17-26-12-13-31(17)24-15-23(27-16-28-24)29-21-8-10-22(11-9-21)30-25(32)20-7-6-18-4-2-3-5-19(18)14-20/h2-16H,1H3,(H,30,32)(H,27,28,29). The summed E-state index contributed by atoms with van der Waals surface area (Å²) in [4.78, 5) is 25.5. The molecule has 5 rings (SSSR count). The molecule has 2 heterocycles. The number of hydrogen-bond donors (Lipinski definition) is 2. The third kappa shape index (κ3) is 4.04. The van der Waals surface area contributed by atoms with Crippen LogP contribution in [0, 0.1) is 6.92 Å². The van der Waals surface area contributed by atoms with Gasteiger partial charge in [0.05, 0.1) is 0 Å². The van der Waals surface area contributed by atoms with Gasteiger partial charge in [-0.15, -0.1) is 0 Å². The molecule has 2 aromatic heterocycles. The molecule has 0 spiro atoms. The Bertz CT molecular complexity index is 1410. The Hall–Kier alpha value is -4.52. The second kappa shape index (κ2) is 8.31. The number of nitrogens with zero attached hydrogens (tertiary/aromatic N) is 4. The molecule has 1 amide bonds. The van der Waals surface area contributed by atoms with E-state index in [1.54, 1.807) is 6.20 Å². The normalized spacial score (nSPS) is 10.8. The van der Waals surface area contributed by atoms with Crippen LogP contribution in [0.4, 0.5) is 17.2 Å². The summed E-state index contributed by atoms with van der Waals surface area (Å²) in [6.07, 6.45) is 5.10. The van der Waals surface area contributed by atoms with Gasteiger partial charge in [-0.05, 0) is 54.1 Å². The number of nitrogens with one attached hydrogen (secondary N) is 2. The molecule has 0 atom stereocenters. The molecule has 156 valence electrons. The minimum absolute atomic E-state index is 0.146. The predicted molar refractivity (Wildman–Crippen MR) is 126 cm³/mol. The molecule has 0 aliphatic heterocycles. The molecular formula is C25H20N6O. The van der Waals surface area contributed by atoms with Crippen molar-refractivity contribution in [1.82, 2.24) is 19.5 Å². The van der Waals surface area contributed by atoms with Crippen molar-refractivity contribution in [2.75, 3.05) is 10.6 Å². The fourth-order valence-corrected chi connectivity index (χ4v) is 3.49. The summed E-state index contributed by atoms with van der Waals surface area (Å²) in [5.41, 5.74) is 2.18. The molecule has 3 aromatic carbocycles. The molecule has 0 unspecified atom stereocenters. The van der Waals surface area contributed by atoms with Crippen molar-refractivity contribution >= 4 is 33.9 Å². The Morgan fingerprint density at radius 2 is 1.62 bits per heavy atom.